The molecule has 0 unspecified atom stereocenters. The summed E-state index contributed by atoms with van der Waals surface area (Å²) in [7, 11) is 1.25. The zero-order valence-corrected chi connectivity index (χ0v) is 10.1. The van der Waals surface area contributed by atoms with Crippen molar-refractivity contribution in [2.75, 3.05) is 7.11 Å². The Bertz CT molecular complexity index is 374. The zero-order chi connectivity index (χ0) is 11.4. The molecule has 0 aliphatic heterocycles. The number of rotatable bonds is 3. The lowest BCUT2D eigenvalue weighted by Gasteiger charge is -2.11. The Morgan fingerprint density at radius 2 is 2.25 bits per heavy atom. The van der Waals surface area contributed by atoms with Crippen LogP contribution < -0.4 is 5.73 Å². The number of hydrogen-bond acceptors (Lipinski definition) is 3. The molecule has 1 rings (SSSR count). The molecule has 0 bridgehead atoms. The lowest BCUT2D eigenvalue weighted by Crippen LogP contribution is -2.17. The van der Waals surface area contributed by atoms with Gasteiger partial charge in [-0.15, -0.1) is 12.4 Å². The summed E-state index contributed by atoms with van der Waals surface area (Å²) in [5.74, 6) is -1.07. The molecule has 0 fully saturated rings. The highest BCUT2D eigenvalue weighted by atomic mass is 35.5. The number of benzene rings is 1. The molecule has 0 saturated carbocycles. The number of hydrogen-bond donors (Lipinski definition) is 1. The molecular formula is C10H12Cl2FNO2. The quantitative estimate of drug-likeness (QED) is 0.857. The van der Waals surface area contributed by atoms with Crippen LogP contribution in [0.4, 0.5) is 4.39 Å². The molecule has 6 heteroatoms. The fraction of sp³-hybridized carbons (Fsp3) is 0.300. The van der Waals surface area contributed by atoms with Crippen LogP contribution in [0.25, 0.3) is 0 Å². The second-order valence-electron chi connectivity index (χ2n) is 3.03. The number of esters is 1. The van der Waals surface area contributed by atoms with Gasteiger partial charge in [0, 0.05) is 11.6 Å². The van der Waals surface area contributed by atoms with E-state index in [2.05, 4.69) is 4.74 Å². The summed E-state index contributed by atoms with van der Waals surface area (Å²) >= 11 is 5.58. The van der Waals surface area contributed by atoms with Gasteiger partial charge in [0.05, 0.1) is 18.6 Å². The fourth-order valence-corrected chi connectivity index (χ4v) is 1.36. The van der Waals surface area contributed by atoms with Crippen LogP contribution in [-0.2, 0) is 9.53 Å². The molecule has 0 amide bonds. The van der Waals surface area contributed by atoms with Crippen LogP contribution in [0.15, 0.2) is 18.2 Å². The van der Waals surface area contributed by atoms with E-state index >= 15 is 0 Å². The summed E-state index contributed by atoms with van der Waals surface area (Å²) < 4.78 is 17.9. The van der Waals surface area contributed by atoms with Gasteiger partial charge in [-0.1, -0.05) is 23.7 Å². The molecule has 0 aliphatic carbocycles. The third-order valence-electron chi connectivity index (χ3n) is 2.00. The van der Waals surface area contributed by atoms with Gasteiger partial charge >= 0.3 is 5.97 Å². The fourth-order valence-electron chi connectivity index (χ4n) is 1.18. The van der Waals surface area contributed by atoms with E-state index in [0.29, 0.717) is 0 Å². The minimum Gasteiger partial charge on any atom is -0.469 e. The summed E-state index contributed by atoms with van der Waals surface area (Å²) in [6.07, 6.45) is -0.0756. The van der Waals surface area contributed by atoms with Crippen molar-refractivity contribution < 1.29 is 13.9 Å². The Morgan fingerprint density at radius 3 is 2.81 bits per heavy atom. The Labute approximate surface area is 104 Å². The number of halogens is 3. The summed E-state index contributed by atoms with van der Waals surface area (Å²) in [6, 6.07) is 3.76. The molecule has 0 aliphatic rings. The first-order chi connectivity index (χ1) is 7.06. The van der Waals surface area contributed by atoms with Crippen LogP contribution in [0.5, 0.6) is 0 Å². The van der Waals surface area contributed by atoms with Crippen molar-refractivity contribution in [2.24, 2.45) is 5.73 Å². The minimum absolute atomic E-state index is 0. The molecule has 2 N–H and O–H groups in total. The lowest BCUT2D eigenvalue weighted by atomic mass is 10.0. The zero-order valence-electron chi connectivity index (χ0n) is 8.57. The number of carbonyl (C=O) groups is 1. The van der Waals surface area contributed by atoms with Crippen LogP contribution in [0.1, 0.15) is 18.0 Å². The Balaban J connectivity index is 0.00000225. The van der Waals surface area contributed by atoms with Crippen molar-refractivity contribution in [3.8, 4) is 0 Å². The first-order valence-electron chi connectivity index (χ1n) is 4.32. The minimum atomic E-state index is -0.740. The average Bonchev–Trinajstić information content (AvgIpc) is 2.21. The molecule has 0 aromatic heterocycles. The first kappa shape index (κ1) is 15.2. The monoisotopic (exact) mass is 267 g/mol. The predicted octanol–water partition coefficient (Wildman–Crippen LogP) is 2.46. The van der Waals surface area contributed by atoms with E-state index in [9.17, 15) is 9.18 Å². The van der Waals surface area contributed by atoms with Gasteiger partial charge in [0.15, 0.2) is 0 Å². The maximum Gasteiger partial charge on any atom is 0.307 e. The van der Waals surface area contributed by atoms with Crippen molar-refractivity contribution in [1.82, 2.24) is 0 Å². The van der Waals surface area contributed by atoms with E-state index in [1.165, 1.54) is 19.2 Å². The van der Waals surface area contributed by atoms with E-state index in [1.54, 1.807) is 6.07 Å². The van der Waals surface area contributed by atoms with Crippen LogP contribution in [0.3, 0.4) is 0 Å². The van der Waals surface area contributed by atoms with E-state index in [1.807, 2.05) is 0 Å². The normalized spacial score (nSPS) is 11.5. The standard InChI is InChI=1S/C10H11ClFNO2.ClH/c1-15-9(14)5-8(13)6-3-2-4-7(11)10(6)12;/h2-4,8H,5,13H2,1H3;1H/t8-;/m1./s1. The molecule has 16 heavy (non-hydrogen) atoms. The molecular weight excluding hydrogens is 256 g/mol. The second-order valence-corrected chi connectivity index (χ2v) is 3.44. The predicted molar refractivity (Wildman–Crippen MR) is 62.2 cm³/mol. The maximum atomic E-state index is 13.4. The van der Waals surface area contributed by atoms with E-state index in [0.717, 1.165) is 0 Å². The Hall–Kier alpha value is -0.840. The van der Waals surface area contributed by atoms with Gasteiger partial charge in [0.1, 0.15) is 5.82 Å². The summed E-state index contributed by atoms with van der Waals surface area (Å²) in [5, 5.41) is -0.00665. The summed E-state index contributed by atoms with van der Waals surface area (Å²) in [5.41, 5.74) is 5.86. The van der Waals surface area contributed by atoms with Crippen molar-refractivity contribution in [2.45, 2.75) is 12.5 Å². The molecule has 90 valence electrons. The highest BCUT2D eigenvalue weighted by Crippen LogP contribution is 2.23. The van der Waals surface area contributed by atoms with E-state index in [4.69, 9.17) is 17.3 Å². The number of carbonyl (C=O) groups excluding carboxylic acids is 1. The molecule has 1 atom stereocenters. The third-order valence-corrected chi connectivity index (χ3v) is 2.29. The molecule has 3 nitrogen and oxygen atoms in total. The highest BCUT2D eigenvalue weighted by Gasteiger charge is 2.16. The average molecular weight is 268 g/mol. The van der Waals surface area contributed by atoms with Gasteiger partial charge in [-0.2, -0.15) is 0 Å². The first-order valence-corrected chi connectivity index (χ1v) is 4.70. The SMILES string of the molecule is COC(=O)C[C@@H](N)c1cccc(Cl)c1F.Cl. The van der Waals surface area contributed by atoms with Gasteiger partial charge in [-0.3, -0.25) is 4.79 Å². The molecule has 0 saturated heterocycles. The molecule has 0 heterocycles. The van der Waals surface area contributed by atoms with Crippen LogP contribution in [0, 0.1) is 5.82 Å². The molecule has 0 spiro atoms. The lowest BCUT2D eigenvalue weighted by molar-refractivity contribution is -0.141. The molecule has 0 radical (unpaired) electrons. The maximum absolute atomic E-state index is 13.4. The van der Waals surface area contributed by atoms with Crippen LogP contribution in [0.2, 0.25) is 5.02 Å². The number of nitrogens with two attached hydrogens (primary N) is 1. The smallest absolute Gasteiger partial charge is 0.307 e. The number of ether oxygens (including phenoxy) is 1. The van der Waals surface area contributed by atoms with E-state index < -0.39 is 17.8 Å². The largest absolute Gasteiger partial charge is 0.469 e. The van der Waals surface area contributed by atoms with Gasteiger partial charge < -0.3 is 10.5 Å². The second kappa shape index (κ2) is 6.68. The Kier molecular flexibility index (Phi) is 6.33. The van der Waals surface area contributed by atoms with E-state index in [-0.39, 0.29) is 29.4 Å². The van der Waals surface area contributed by atoms with Crippen molar-refractivity contribution in [1.29, 1.82) is 0 Å². The highest BCUT2D eigenvalue weighted by molar-refractivity contribution is 6.30. The summed E-state index contributed by atoms with van der Waals surface area (Å²) in [6.45, 7) is 0. The van der Waals surface area contributed by atoms with Crippen molar-refractivity contribution >= 4 is 30.0 Å². The molecule has 1 aromatic rings. The topological polar surface area (TPSA) is 52.3 Å². The summed E-state index contributed by atoms with van der Waals surface area (Å²) in [4.78, 5) is 10.9. The van der Waals surface area contributed by atoms with Crippen LogP contribution >= 0.6 is 24.0 Å². The number of methoxy groups -OCH3 is 1. The Morgan fingerprint density at radius 1 is 1.62 bits per heavy atom. The van der Waals surface area contributed by atoms with Gasteiger partial charge in [0.2, 0.25) is 0 Å². The van der Waals surface area contributed by atoms with Gasteiger partial charge in [-0.25, -0.2) is 4.39 Å². The molecule has 1 aromatic carbocycles. The van der Waals surface area contributed by atoms with Gasteiger partial charge in [0.25, 0.3) is 0 Å². The van der Waals surface area contributed by atoms with Crippen LogP contribution in [-0.4, -0.2) is 13.1 Å². The van der Waals surface area contributed by atoms with Crippen molar-refractivity contribution in [3.05, 3.63) is 34.6 Å². The van der Waals surface area contributed by atoms with Crippen molar-refractivity contribution in [3.63, 3.8) is 0 Å². The third kappa shape index (κ3) is 3.63. The van der Waals surface area contributed by atoms with Gasteiger partial charge in [-0.05, 0) is 6.07 Å².